The van der Waals surface area contributed by atoms with Gasteiger partial charge in [0.25, 0.3) is 0 Å². The molecule has 80 valence electrons. The van der Waals surface area contributed by atoms with Crippen molar-refractivity contribution in [3.63, 3.8) is 0 Å². The topological polar surface area (TPSA) is 22.0 Å². The van der Waals surface area contributed by atoms with E-state index in [-0.39, 0.29) is 26.6 Å². The smallest absolute Gasteiger partial charge is 0.228 e. The van der Waals surface area contributed by atoms with E-state index in [1.165, 1.54) is 10.9 Å². The first-order valence-corrected chi connectivity index (χ1v) is 7.54. The zero-order valence-electron chi connectivity index (χ0n) is 8.77. The number of nitrogens with zero attached hydrogens (tertiary/aromatic N) is 1. The Hall–Kier alpha value is -1.23. The van der Waals surface area contributed by atoms with Gasteiger partial charge in [-0.1, -0.05) is 38.9 Å². The van der Waals surface area contributed by atoms with Crippen molar-refractivity contribution >= 4 is 47.6 Å². The maximum Gasteiger partial charge on any atom is 0.228 e. The largest absolute Gasteiger partial charge is 0.280 e. The molecule has 3 heteroatoms. The van der Waals surface area contributed by atoms with Gasteiger partial charge in [-0.3, -0.25) is 9.36 Å². The van der Waals surface area contributed by atoms with Gasteiger partial charge in [-0.05, 0) is 20.2 Å². The van der Waals surface area contributed by atoms with E-state index in [1.807, 2.05) is 18.2 Å². The Bertz CT molecular complexity index is 649. The van der Waals surface area contributed by atoms with Crippen LogP contribution in [0.3, 0.4) is 0 Å². The van der Waals surface area contributed by atoms with Crippen molar-refractivity contribution in [2.24, 2.45) is 0 Å². The van der Waals surface area contributed by atoms with Gasteiger partial charge in [0, 0.05) is 17.9 Å². The van der Waals surface area contributed by atoms with E-state index in [0.29, 0.717) is 0 Å². The molecule has 0 saturated carbocycles. The zero-order chi connectivity index (χ0) is 11.1. The Kier molecular flexibility index (Phi) is 2.28. The number of rotatable bonds is 0. The molecule has 0 spiro atoms. The molecule has 2 heterocycles. The molecule has 0 radical (unpaired) electrons. The normalized spacial score (nSPS) is 13.6. The van der Waals surface area contributed by atoms with Crippen molar-refractivity contribution in [3.05, 3.63) is 39.6 Å². The van der Waals surface area contributed by atoms with Crippen LogP contribution in [0.15, 0.2) is 28.3 Å². The molecule has 1 aliphatic rings. The molecule has 0 amide bonds. The highest BCUT2D eigenvalue weighted by Gasteiger charge is 2.16. The number of carbonyl (C=O) groups is 1. The van der Waals surface area contributed by atoms with Gasteiger partial charge in [-0.25, -0.2) is 0 Å². The van der Waals surface area contributed by atoms with Gasteiger partial charge in [-0.2, -0.15) is 0 Å². The number of fused-ring (bicyclic) bond motifs is 3. The van der Waals surface area contributed by atoms with Crippen molar-refractivity contribution < 1.29 is 4.79 Å². The van der Waals surface area contributed by atoms with Gasteiger partial charge in [0.1, 0.15) is 0 Å². The first-order valence-electron chi connectivity index (χ1n) is 5.05. The molecule has 3 rings (SSSR count). The lowest BCUT2D eigenvalue weighted by atomic mass is 10.1. The Balaban J connectivity index is 2.53. The zero-order valence-corrected chi connectivity index (χ0v) is 10.9. The summed E-state index contributed by atoms with van der Waals surface area (Å²) in [6.45, 7) is 1.62. The van der Waals surface area contributed by atoms with E-state index in [1.54, 1.807) is 11.5 Å². The summed E-state index contributed by atoms with van der Waals surface area (Å²) in [6, 6.07) is 8.10. The third-order valence-corrected chi connectivity index (χ3v) is 4.49. The number of halogens is 1. The van der Waals surface area contributed by atoms with Gasteiger partial charge in [-0.15, -0.1) is 0 Å². The quantitative estimate of drug-likeness (QED) is 0.681. The van der Waals surface area contributed by atoms with Crippen LogP contribution < -0.4 is 0 Å². The van der Waals surface area contributed by atoms with Crippen LogP contribution in [0.1, 0.15) is 23.0 Å². The third kappa shape index (κ3) is 1.31. The highest BCUT2D eigenvalue weighted by Crippen LogP contribution is 2.30. The van der Waals surface area contributed by atoms with Gasteiger partial charge in [0.15, 0.2) is 0 Å². The number of hydrogen-bond donors (Lipinski definition) is 0. The standard InChI is InChI=1S/C13H10INO/c1-9(16)15-12-5-3-2-4-10(12)11-8-14-7-6-13(11)15/h2-8H,1H3. The van der Waals surface area contributed by atoms with Crippen LogP contribution in [0.5, 0.6) is 0 Å². The van der Waals surface area contributed by atoms with Crippen LogP contribution in [0.25, 0.3) is 17.0 Å². The van der Waals surface area contributed by atoms with E-state index in [9.17, 15) is 4.79 Å². The number of aromatic nitrogens is 1. The molecule has 1 aliphatic heterocycles. The maximum absolute atomic E-state index is 11.7. The van der Waals surface area contributed by atoms with Crippen molar-refractivity contribution in [1.29, 1.82) is 0 Å². The van der Waals surface area contributed by atoms with Gasteiger partial charge in [0.2, 0.25) is 5.91 Å². The molecule has 16 heavy (non-hydrogen) atoms. The lowest BCUT2D eigenvalue weighted by Gasteiger charge is -2.04. The fourth-order valence-corrected chi connectivity index (χ4v) is 3.87. The molecular formula is C13H10INO. The van der Waals surface area contributed by atoms with Crippen LogP contribution in [-0.2, 0) is 0 Å². The Morgan fingerprint density at radius 3 is 2.94 bits per heavy atom. The Labute approximate surface area is 103 Å². The minimum absolute atomic E-state index is 0.0142. The molecule has 0 unspecified atom stereocenters. The molecule has 2 aromatic rings. The average molecular weight is 323 g/mol. The number of para-hydroxylation sites is 1. The summed E-state index contributed by atoms with van der Waals surface area (Å²) in [5.74, 6) is 0.0793. The molecule has 1 aromatic heterocycles. The molecule has 0 aliphatic carbocycles. The summed E-state index contributed by atoms with van der Waals surface area (Å²) >= 11 is 0.0142. The molecular weight excluding hydrogens is 313 g/mol. The Morgan fingerprint density at radius 1 is 1.31 bits per heavy atom. The van der Waals surface area contributed by atoms with Crippen LogP contribution in [0.2, 0.25) is 0 Å². The van der Waals surface area contributed by atoms with E-state index in [0.717, 1.165) is 11.2 Å². The van der Waals surface area contributed by atoms with Crippen LogP contribution in [0, 0.1) is 0 Å². The SMILES string of the molecule is CC(=O)n1c2c(c3ccccc31)C=IC=C2. The molecule has 0 bridgehead atoms. The minimum atomic E-state index is 0.0142. The predicted octanol–water partition coefficient (Wildman–Crippen LogP) is 3.41. The number of benzene rings is 1. The van der Waals surface area contributed by atoms with E-state index in [4.69, 9.17) is 0 Å². The van der Waals surface area contributed by atoms with Crippen molar-refractivity contribution in [2.75, 3.05) is 0 Å². The highest BCUT2D eigenvalue weighted by molar-refractivity contribution is 14.2. The number of hydrogen-bond acceptors (Lipinski definition) is 1. The molecule has 0 atom stereocenters. The minimum Gasteiger partial charge on any atom is -0.280 e. The van der Waals surface area contributed by atoms with Crippen molar-refractivity contribution in [1.82, 2.24) is 4.57 Å². The summed E-state index contributed by atoms with van der Waals surface area (Å²) in [7, 11) is 0. The second-order valence-electron chi connectivity index (χ2n) is 3.70. The third-order valence-electron chi connectivity index (χ3n) is 2.73. The van der Waals surface area contributed by atoms with E-state index < -0.39 is 0 Å². The second kappa shape index (κ2) is 3.66. The lowest BCUT2D eigenvalue weighted by molar-refractivity contribution is 0.0941. The van der Waals surface area contributed by atoms with Crippen LogP contribution in [-0.4, -0.2) is 14.5 Å². The average Bonchev–Trinajstić information content (AvgIpc) is 2.63. The molecule has 0 saturated heterocycles. The lowest BCUT2D eigenvalue weighted by Crippen LogP contribution is -2.07. The maximum atomic E-state index is 11.7. The summed E-state index contributed by atoms with van der Waals surface area (Å²) in [5.41, 5.74) is 3.30. The van der Waals surface area contributed by atoms with Crippen LogP contribution >= 0.6 is 20.7 Å². The summed E-state index contributed by atoms with van der Waals surface area (Å²) in [6.07, 6.45) is 2.09. The van der Waals surface area contributed by atoms with Gasteiger partial charge in [0.05, 0.1) is 11.2 Å². The summed E-state index contributed by atoms with van der Waals surface area (Å²) < 4.78 is 6.29. The van der Waals surface area contributed by atoms with E-state index >= 15 is 0 Å². The molecule has 0 N–H and O–H groups in total. The summed E-state index contributed by atoms with van der Waals surface area (Å²) in [4.78, 5) is 11.7. The molecule has 0 fully saturated rings. The van der Waals surface area contributed by atoms with Crippen molar-refractivity contribution in [3.8, 4) is 0 Å². The van der Waals surface area contributed by atoms with Crippen molar-refractivity contribution in [2.45, 2.75) is 6.92 Å². The fourth-order valence-electron chi connectivity index (χ4n) is 2.10. The van der Waals surface area contributed by atoms with E-state index in [2.05, 4.69) is 20.2 Å². The highest BCUT2D eigenvalue weighted by atomic mass is 127. The number of carbonyl (C=O) groups excluding carboxylic acids is 1. The first kappa shape index (κ1) is 9.96. The monoisotopic (exact) mass is 323 g/mol. The second-order valence-corrected chi connectivity index (χ2v) is 5.76. The fraction of sp³-hybridized carbons (Fsp3) is 0.0769. The summed E-state index contributed by atoms with van der Waals surface area (Å²) in [5, 5.41) is 1.19. The molecule has 1 aromatic carbocycles. The predicted molar refractivity (Wildman–Crippen MR) is 76.5 cm³/mol. The Morgan fingerprint density at radius 2 is 2.12 bits per heavy atom. The van der Waals surface area contributed by atoms with Gasteiger partial charge >= 0.3 is 0 Å². The first-order chi connectivity index (χ1) is 7.79. The molecule has 2 nitrogen and oxygen atoms in total. The van der Waals surface area contributed by atoms with Gasteiger partial charge < -0.3 is 0 Å². The van der Waals surface area contributed by atoms with Crippen LogP contribution in [0.4, 0.5) is 0 Å².